The fourth-order valence-electron chi connectivity index (χ4n) is 2.56. The Hall–Kier alpha value is -0.630. The van der Waals surface area contributed by atoms with Crippen molar-refractivity contribution in [1.29, 1.82) is 0 Å². The average Bonchev–Trinajstić information content (AvgIpc) is 3.06. The Balaban J connectivity index is 1.62. The third-order valence-corrected chi connectivity index (χ3v) is 7.69. The van der Waals surface area contributed by atoms with Gasteiger partial charge in [0.2, 0.25) is 0 Å². The summed E-state index contributed by atoms with van der Waals surface area (Å²) in [6.45, 7) is 3.05. The lowest BCUT2D eigenvalue weighted by Gasteiger charge is -2.33. The Morgan fingerprint density at radius 1 is 1.09 bits per heavy atom. The van der Waals surface area contributed by atoms with E-state index in [1.165, 1.54) is 11.3 Å². The number of piperazine rings is 1. The van der Waals surface area contributed by atoms with Crippen LogP contribution < -0.4 is 0 Å². The van der Waals surface area contributed by atoms with Crippen molar-refractivity contribution in [2.24, 2.45) is 0 Å². The van der Waals surface area contributed by atoms with Crippen LogP contribution in [0.1, 0.15) is 5.56 Å². The minimum absolute atomic E-state index is 0.409. The number of rotatable bonds is 4. The molecule has 0 unspecified atom stereocenters. The summed E-state index contributed by atoms with van der Waals surface area (Å²) >= 11 is 13.4. The summed E-state index contributed by atoms with van der Waals surface area (Å²) in [7, 11) is -3.35. The van der Waals surface area contributed by atoms with Crippen molar-refractivity contribution in [3.05, 3.63) is 51.3 Å². The van der Waals surface area contributed by atoms with E-state index in [9.17, 15) is 8.42 Å². The van der Waals surface area contributed by atoms with E-state index in [4.69, 9.17) is 23.2 Å². The number of sulfonamides is 1. The summed E-state index contributed by atoms with van der Waals surface area (Å²) in [5.41, 5.74) is 1.01. The topological polar surface area (TPSA) is 40.6 Å². The molecule has 0 atom stereocenters. The zero-order chi connectivity index (χ0) is 16.4. The molecule has 1 aliphatic rings. The maximum Gasteiger partial charge on any atom is 0.252 e. The van der Waals surface area contributed by atoms with Crippen LogP contribution in [-0.2, 0) is 16.6 Å². The van der Waals surface area contributed by atoms with E-state index in [0.29, 0.717) is 47.0 Å². The highest BCUT2D eigenvalue weighted by Gasteiger charge is 2.29. The third kappa shape index (κ3) is 3.90. The molecule has 1 aromatic carbocycles. The monoisotopic (exact) mass is 390 g/mol. The first-order valence-electron chi connectivity index (χ1n) is 7.17. The van der Waals surface area contributed by atoms with Crippen LogP contribution >= 0.6 is 34.5 Å². The van der Waals surface area contributed by atoms with Gasteiger partial charge in [-0.05, 0) is 29.1 Å². The van der Waals surface area contributed by atoms with Gasteiger partial charge in [-0.3, -0.25) is 4.90 Å². The average molecular weight is 391 g/mol. The first-order valence-corrected chi connectivity index (χ1v) is 10.2. The smallest absolute Gasteiger partial charge is 0.252 e. The number of benzene rings is 1. The van der Waals surface area contributed by atoms with E-state index in [1.807, 2.05) is 12.1 Å². The largest absolute Gasteiger partial charge is 0.296 e. The molecule has 0 amide bonds. The number of nitrogens with zero attached hydrogens (tertiary/aromatic N) is 2. The summed E-state index contributed by atoms with van der Waals surface area (Å²) in [5.74, 6) is 0. The van der Waals surface area contributed by atoms with E-state index >= 15 is 0 Å². The molecule has 23 heavy (non-hydrogen) atoms. The van der Waals surface area contributed by atoms with Gasteiger partial charge < -0.3 is 0 Å². The number of hydrogen-bond donors (Lipinski definition) is 0. The van der Waals surface area contributed by atoms with Gasteiger partial charge in [-0.15, -0.1) is 11.3 Å². The van der Waals surface area contributed by atoms with E-state index in [-0.39, 0.29) is 0 Å². The fourth-order valence-corrected chi connectivity index (χ4v) is 5.59. The van der Waals surface area contributed by atoms with E-state index in [0.717, 1.165) is 5.56 Å². The zero-order valence-corrected chi connectivity index (χ0v) is 15.4. The molecule has 0 spiro atoms. The predicted molar refractivity (Wildman–Crippen MR) is 94.8 cm³/mol. The molecule has 1 aliphatic heterocycles. The molecule has 0 saturated carbocycles. The van der Waals surface area contributed by atoms with Gasteiger partial charge in [-0.1, -0.05) is 35.3 Å². The van der Waals surface area contributed by atoms with Gasteiger partial charge >= 0.3 is 0 Å². The highest BCUT2D eigenvalue weighted by Crippen LogP contribution is 2.25. The van der Waals surface area contributed by atoms with Crippen molar-refractivity contribution in [3.63, 3.8) is 0 Å². The molecule has 8 heteroatoms. The SMILES string of the molecule is O=S(=O)(c1cccs1)N1CCN(Cc2ccc(Cl)cc2Cl)CC1. The summed E-state index contributed by atoms with van der Waals surface area (Å²) in [6, 6.07) is 8.88. The van der Waals surface area contributed by atoms with Gasteiger partial charge in [0.15, 0.2) is 0 Å². The normalized spacial score (nSPS) is 17.5. The summed E-state index contributed by atoms with van der Waals surface area (Å²) in [6.07, 6.45) is 0. The molecule has 1 fully saturated rings. The Labute approximate surface area is 150 Å². The van der Waals surface area contributed by atoms with Crippen molar-refractivity contribution in [2.45, 2.75) is 10.8 Å². The minimum atomic E-state index is -3.35. The van der Waals surface area contributed by atoms with Crippen LogP contribution in [0.2, 0.25) is 10.0 Å². The fraction of sp³-hybridized carbons (Fsp3) is 0.333. The molecule has 2 aromatic rings. The second-order valence-corrected chi connectivity index (χ2v) is 9.30. The Kier molecular flexibility index (Phi) is 5.30. The first-order chi connectivity index (χ1) is 11.0. The third-order valence-electron chi connectivity index (χ3n) is 3.83. The van der Waals surface area contributed by atoms with Crippen molar-refractivity contribution in [1.82, 2.24) is 9.21 Å². The molecule has 3 rings (SSSR count). The van der Waals surface area contributed by atoms with Crippen LogP contribution in [0.5, 0.6) is 0 Å². The van der Waals surface area contributed by atoms with Crippen LogP contribution in [-0.4, -0.2) is 43.8 Å². The van der Waals surface area contributed by atoms with E-state index in [2.05, 4.69) is 4.90 Å². The summed E-state index contributed by atoms with van der Waals surface area (Å²) in [5, 5.41) is 3.04. The molecule has 0 bridgehead atoms. The molecule has 2 heterocycles. The molecule has 0 N–H and O–H groups in total. The van der Waals surface area contributed by atoms with Gasteiger partial charge in [0.05, 0.1) is 0 Å². The molecule has 1 saturated heterocycles. The number of hydrogen-bond acceptors (Lipinski definition) is 4. The van der Waals surface area contributed by atoms with E-state index < -0.39 is 10.0 Å². The van der Waals surface area contributed by atoms with Gasteiger partial charge in [0.25, 0.3) is 10.0 Å². The molecule has 4 nitrogen and oxygen atoms in total. The second-order valence-electron chi connectivity index (χ2n) is 5.35. The Bertz CT molecular complexity index is 771. The lowest BCUT2D eigenvalue weighted by atomic mass is 10.2. The van der Waals surface area contributed by atoms with Crippen LogP contribution in [0, 0.1) is 0 Å². The summed E-state index contributed by atoms with van der Waals surface area (Å²) in [4.78, 5) is 2.20. The van der Waals surface area contributed by atoms with Crippen molar-refractivity contribution in [3.8, 4) is 0 Å². The lowest BCUT2D eigenvalue weighted by molar-refractivity contribution is 0.182. The molecule has 0 aliphatic carbocycles. The predicted octanol–water partition coefficient (Wildman–Crippen LogP) is 3.56. The van der Waals surface area contributed by atoms with Crippen molar-refractivity contribution < 1.29 is 8.42 Å². The molecular formula is C15H16Cl2N2O2S2. The highest BCUT2D eigenvalue weighted by molar-refractivity contribution is 7.91. The Morgan fingerprint density at radius 2 is 1.83 bits per heavy atom. The van der Waals surface area contributed by atoms with Crippen LogP contribution in [0.15, 0.2) is 39.9 Å². The minimum Gasteiger partial charge on any atom is -0.296 e. The summed E-state index contributed by atoms with van der Waals surface area (Å²) < 4.78 is 26.9. The van der Waals surface area contributed by atoms with Gasteiger partial charge in [0.1, 0.15) is 4.21 Å². The lowest BCUT2D eigenvalue weighted by Crippen LogP contribution is -2.48. The van der Waals surface area contributed by atoms with Gasteiger partial charge in [-0.25, -0.2) is 8.42 Å². The standard InChI is InChI=1S/C15H16Cl2N2O2S2/c16-13-4-3-12(14(17)10-13)11-18-5-7-19(8-6-18)23(20,21)15-2-1-9-22-15/h1-4,9-10H,5-8,11H2. The highest BCUT2D eigenvalue weighted by atomic mass is 35.5. The van der Waals surface area contributed by atoms with Crippen molar-refractivity contribution >= 4 is 44.6 Å². The van der Waals surface area contributed by atoms with Crippen molar-refractivity contribution in [2.75, 3.05) is 26.2 Å². The molecule has 0 radical (unpaired) electrons. The maximum absolute atomic E-state index is 12.5. The molecular weight excluding hydrogens is 375 g/mol. The quantitative estimate of drug-likeness (QED) is 0.800. The first kappa shape index (κ1) is 17.2. The maximum atomic E-state index is 12.5. The van der Waals surface area contributed by atoms with Crippen LogP contribution in [0.3, 0.4) is 0 Å². The van der Waals surface area contributed by atoms with Crippen LogP contribution in [0.4, 0.5) is 0 Å². The molecule has 1 aromatic heterocycles. The van der Waals surface area contributed by atoms with Gasteiger partial charge in [-0.2, -0.15) is 4.31 Å². The molecule has 124 valence electrons. The number of thiophene rings is 1. The van der Waals surface area contributed by atoms with Crippen LogP contribution in [0.25, 0.3) is 0 Å². The second kappa shape index (κ2) is 7.09. The Morgan fingerprint density at radius 3 is 2.43 bits per heavy atom. The van der Waals surface area contributed by atoms with E-state index in [1.54, 1.807) is 27.9 Å². The number of halogens is 2. The zero-order valence-electron chi connectivity index (χ0n) is 12.3. The van der Waals surface area contributed by atoms with Gasteiger partial charge in [0, 0.05) is 42.8 Å².